The van der Waals surface area contributed by atoms with Gasteiger partial charge in [0.25, 0.3) is 11.8 Å². The lowest BCUT2D eigenvalue weighted by atomic mass is 10.4. The van der Waals surface area contributed by atoms with E-state index in [1.165, 1.54) is 0 Å². The summed E-state index contributed by atoms with van der Waals surface area (Å²) in [6, 6.07) is 0.0988. The largest absolute Gasteiger partial charge is 0.473 e. The summed E-state index contributed by atoms with van der Waals surface area (Å²) in [4.78, 5) is 19.7. The lowest BCUT2D eigenvalue weighted by molar-refractivity contribution is -0.109. The van der Waals surface area contributed by atoms with E-state index in [0.717, 1.165) is 0 Å². The van der Waals surface area contributed by atoms with Gasteiger partial charge in [0, 0.05) is 0 Å². The fraction of sp³-hybridized carbons (Fsp3) is 0.667. The molecular formula is C9H12N2O3. The van der Waals surface area contributed by atoms with Crippen LogP contribution in [0.15, 0.2) is 9.98 Å². The molecule has 2 heterocycles. The van der Waals surface area contributed by atoms with Gasteiger partial charge in [-0.25, -0.2) is 9.98 Å². The fourth-order valence-electron chi connectivity index (χ4n) is 1.29. The van der Waals surface area contributed by atoms with E-state index in [1.54, 1.807) is 0 Å². The van der Waals surface area contributed by atoms with E-state index in [2.05, 4.69) is 9.98 Å². The number of nitrogens with zero attached hydrogens (tertiary/aromatic N) is 2. The Morgan fingerprint density at radius 1 is 1.14 bits per heavy atom. The van der Waals surface area contributed by atoms with E-state index in [9.17, 15) is 4.79 Å². The number of aliphatic imine (C=N–C) groups is 2. The topological polar surface area (TPSA) is 60.2 Å². The molecule has 2 atom stereocenters. The number of carbonyl (C=O) groups excluding carboxylic acids is 1. The molecule has 0 N–H and O–H groups in total. The van der Waals surface area contributed by atoms with Crippen LogP contribution in [0.3, 0.4) is 0 Å². The van der Waals surface area contributed by atoms with Crippen LogP contribution < -0.4 is 0 Å². The summed E-state index contributed by atoms with van der Waals surface area (Å²) < 4.78 is 10.2. The standard InChI is InChI=1S/C9H12N2O3/c1-5-3-13-8(10-5)7(12)9-11-6(2)4-14-9/h5-6H,3-4H2,1-2H3/t5-,6-/m0/s1. The Balaban J connectivity index is 2.09. The second-order valence-electron chi connectivity index (χ2n) is 3.52. The number of ether oxygens (including phenoxy) is 2. The highest BCUT2D eigenvalue weighted by atomic mass is 16.5. The summed E-state index contributed by atoms with van der Waals surface area (Å²) in [6.07, 6.45) is 0. The molecule has 0 saturated carbocycles. The van der Waals surface area contributed by atoms with Gasteiger partial charge in [0.1, 0.15) is 13.2 Å². The first-order chi connectivity index (χ1) is 6.66. The molecule has 0 unspecified atom stereocenters. The zero-order chi connectivity index (χ0) is 10.1. The van der Waals surface area contributed by atoms with Gasteiger partial charge < -0.3 is 9.47 Å². The second kappa shape index (κ2) is 3.40. The van der Waals surface area contributed by atoms with Crippen LogP contribution in [-0.4, -0.2) is 42.9 Å². The molecule has 0 aliphatic carbocycles. The summed E-state index contributed by atoms with van der Waals surface area (Å²) in [5, 5.41) is 0. The van der Waals surface area contributed by atoms with Crippen molar-refractivity contribution in [3.8, 4) is 0 Å². The molecule has 0 aromatic heterocycles. The number of hydrogen-bond acceptors (Lipinski definition) is 5. The van der Waals surface area contributed by atoms with Gasteiger partial charge in [0.15, 0.2) is 0 Å². The number of Topliss-reactive ketones (excluding diaryl/α,β-unsaturated/α-hetero) is 1. The normalized spacial score (nSPS) is 30.4. The van der Waals surface area contributed by atoms with Crippen molar-refractivity contribution in [2.45, 2.75) is 25.9 Å². The molecule has 0 aromatic carbocycles. The van der Waals surface area contributed by atoms with Gasteiger partial charge in [-0.15, -0.1) is 0 Å². The van der Waals surface area contributed by atoms with Crippen LogP contribution in [0.1, 0.15) is 13.8 Å². The molecule has 2 aliphatic rings. The molecule has 0 fully saturated rings. The van der Waals surface area contributed by atoms with Crippen LogP contribution in [0.5, 0.6) is 0 Å². The highest BCUT2D eigenvalue weighted by Gasteiger charge is 2.30. The maximum atomic E-state index is 11.6. The third-order valence-corrected chi connectivity index (χ3v) is 1.99. The van der Waals surface area contributed by atoms with Gasteiger partial charge in [0.05, 0.1) is 12.1 Å². The first kappa shape index (κ1) is 9.18. The minimum absolute atomic E-state index is 0.0494. The van der Waals surface area contributed by atoms with Crippen molar-refractivity contribution in [3.05, 3.63) is 0 Å². The molecule has 0 spiro atoms. The highest BCUT2D eigenvalue weighted by molar-refractivity contribution is 6.63. The van der Waals surface area contributed by atoms with Crippen LogP contribution in [-0.2, 0) is 14.3 Å². The third-order valence-electron chi connectivity index (χ3n) is 1.99. The van der Waals surface area contributed by atoms with Gasteiger partial charge in [-0.3, -0.25) is 4.79 Å². The fourth-order valence-corrected chi connectivity index (χ4v) is 1.29. The number of ketones is 1. The van der Waals surface area contributed by atoms with Crippen LogP contribution in [0.4, 0.5) is 0 Å². The smallest absolute Gasteiger partial charge is 0.301 e. The predicted molar refractivity (Wildman–Crippen MR) is 50.7 cm³/mol. The van der Waals surface area contributed by atoms with Crippen molar-refractivity contribution in [3.63, 3.8) is 0 Å². The van der Waals surface area contributed by atoms with E-state index in [0.29, 0.717) is 13.2 Å². The van der Waals surface area contributed by atoms with Crippen LogP contribution in [0, 0.1) is 0 Å². The average Bonchev–Trinajstić information content (AvgIpc) is 2.73. The maximum absolute atomic E-state index is 11.6. The molecular weight excluding hydrogens is 184 g/mol. The molecule has 2 rings (SSSR count). The molecule has 0 saturated heterocycles. The minimum Gasteiger partial charge on any atom is -0.473 e. The van der Waals surface area contributed by atoms with Gasteiger partial charge in [-0.05, 0) is 13.8 Å². The van der Waals surface area contributed by atoms with Crippen molar-refractivity contribution in [2.75, 3.05) is 13.2 Å². The van der Waals surface area contributed by atoms with Gasteiger partial charge in [-0.2, -0.15) is 0 Å². The summed E-state index contributed by atoms with van der Waals surface area (Å²) in [6.45, 7) is 4.70. The van der Waals surface area contributed by atoms with Crippen molar-refractivity contribution in [1.29, 1.82) is 0 Å². The SMILES string of the molecule is C[C@H]1COC(C(=O)C2=N[C@@H](C)CO2)=N1. The van der Waals surface area contributed by atoms with E-state index in [1.807, 2.05) is 13.8 Å². The molecule has 5 heteroatoms. The molecule has 0 aromatic rings. The predicted octanol–water partition coefficient (Wildman–Crippen LogP) is 0.190. The zero-order valence-electron chi connectivity index (χ0n) is 8.19. The summed E-state index contributed by atoms with van der Waals surface area (Å²) >= 11 is 0. The quantitative estimate of drug-likeness (QED) is 0.633. The molecule has 2 aliphatic heterocycles. The molecule has 0 amide bonds. The van der Waals surface area contributed by atoms with Gasteiger partial charge >= 0.3 is 5.78 Å². The Morgan fingerprint density at radius 2 is 1.57 bits per heavy atom. The van der Waals surface area contributed by atoms with Crippen molar-refractivity contribution in [2.24, 2.45) is 9.98 Å². The molecule has 14 heavy (non-hydrogen) atoms. The minimum atomic E-state index is -0.335. The first-order valence-corrected chi connectivity index (χ1v) is 4.62. The van der Waals surface area contributed by atoms with Crippen LogP contribution in [0.2, 0.25) is 0 Å². The van der Waals surface area contributed by atoms with Gasteiger partial charge in [-0.1, -0.05) is 0 Å². The third kappa shape index (κ3) is 1.62. The zero-order valence-corrected chi connectivity index (χ0v) is 8.19. The Labute approximate surface area is 81.8 Å². The Morgan fingerprint density at radius 3 is 1.86 bits per heavy atom. The summed E-state index contributed by atoms with van der Waals surface area (Å²) in [5.74, 6) is -0.0746. The monoisotopic (exact) mass is 196 g/mol. The summed E-state index contributed by atoms with van der Waals surface area (Å²) in [5.41, 5.74) is 0. The van der Waals surface area contributed by atoms with Gasteiger partial charge in [0.2, 0.25) is 0 Å². The second-order valence-corrected chi connectivity index (χ2v) is 3.52. The van der Waals surface area contributed by atoms with Crippen molar-refractivity contribution in [1.82, 2.24) is 0 Å². The Hall–Kier alpha value is -1.39. The lowest BCUT2D eigenvalue weighted by Gasteiger charge is -1.99. The van der Waals surface area contributed by atoms with E-state index < -0.39 is 0 Å². The molecule has 0 radical (unpaired) electrons. The Bertz CT molecular complexity index is 292. The number of carbonyl (C=O) groups is 1. The van der Waals surface area contributed by atoms with Crippen molar-refractivity contribution < 1.29 is 14.3 Å². The number of hydrogen-bond donors (Lipinski definition) is 0. The van der Waals surface area contributed by atoms with E-state index >= 15 is 0 Å². The molecule has 5 nitrogen and oxygen atoms in total. The van der Waals surface area contributed by atoms with Crippen molar-refractivity contribution >= 4 is 17.6 Å². The van der Waals surface area contributed by atoms with Crippen LogP contribution >= 0.6 is 0 Å². The molecule has 0 bridgehead atoms. The van der Waals surface area contributed by atoms with E-state index in [-0.39, 0.29) is 29.7 Å². The molecule has 76 valence electrons. The summed E-state index contributed by atoms with van der Waals surface area (Å²) in [7, 11) is 0. The maximum Gasteiger partial charge on any atom is 0.301 e. The number of rotatable bonds is 2. The Kier molecular flexibility index (Phi) is 2.23. The van der Waals surface area contributed by atoms with Crippen LogP contribution in [0.25, 0.3) is 0 Å². The lowest BCUT2D eigenvalue weighted by Crippen LogP contribution is -2.24. The van der Waals surface area contributed by atoms with E-state index in [4.69, 9.17) is 9.47 Å². The average molecular weight is 196 g/mol. The first-order valence-electron chi connectivity index (χ1n) is 4.62. The highest BCUT2D eigenvalue weighted by Crippen LogP contribution is 2.09.